The highest BCUT2D eigenvalue weighted by atomic mass is 35.5. The summed E-state index contributed by atoms with van der Waals surface area (Å²) in [5.41, 5.74) is 0.436. The van der Waals surface area contributed by atoms with E-state index in [1.807, 2.05) is 4.90 Å². The average molecular weight is 370 g/mol. The van der Waals surface area contributed by atoms with E-state index in [9.17, 15) is 9.59 Å². The Morgan fingerprint density at radius 3 is 2.24 bits per heavy atom. The van der Waals surface area contributed by atoms with Crippen molar-refractivity contribution in [3.63, 3.8) is 0 Å². The van der Waals surface area contributed by atoms with Gasteiger partial charge in [-0.2, -0.15) is 0 Å². The molecule has 3 aliphatic heterocycles. The first kappa shape index (κ1) is 19.0. The van der Waals surface area contributed by atoms with E-state index in [-0.39, 0.29) is 36.2 Å². The Morgan fingerprint density at radius 1 is 0.880 bits per heavy atom. The molecule has 142 valence electrons. The SMILES string of the molecule is Cl.O=C(C1CCCN1C(=O)C1CCCC1)N1CCC2(CCNC2)CC1. The number of hydrogen-bond acceptors (Lipinski definition) is 3. The third-order valence-corrected chi connectivity index (χ3v) is 6.99. The van der Waals surface area contributed by atoms with Crippen LogP contribution in [0.15, 0.2) is 0 Å². The van der Waals surface area contributed by atoms with Crippen molar-refractivity contribution in [2.75, 3.05) is 32.7 Å². The van der Waals surface area contributed by atoms with Crippen LogP contribution in [-0.2, 0) is 9.59 Å². The molecule has 3 saturated heterocycles. The molecule has 1 aliphatic carbocycles. The summed E-state index contributed by atoms with van der Waals surface area (Å²) in [6.07, 6.45) is 9.73. The van der Waals surface area contributed by atoms with Crippen molar-refractivity contribution in [1.29, 1.82) is 0 Å². The number of piperidine rings is 1. The fourth-order valence-corrected chi connectivity index (χ4v) is 5.33. The number of carbonyl (C=O) groups excluding carboxylic acids is 2. The molecule has 25 heavy (non-hydrogen) atoms. The van der Waals surface area contributed by atoms with Crippen LogP contribution in [0.4, 0.5) is 0 Å². The van der Waals surface area contributed by atoms with Gasteiger partial charge in [0.1, 0.15) is 6.04 Å². The molecule has 4 fully saturated rings. The Labute approximate surface area is 157 Å². The second kappa shape index (κ2) is 7.83. The summed E-state index contributed by atoms with van der Waals surface area (Å²) < 4.78 is 0. The fraction of sp³-hybridized carbons (Fsp3) is 0.895. The van der Waals surface area contributed by atoms with E-state index >= 15 is 0 Å². The van der Waals surface area contributed by atoms with Crippen LogP contribution >= 0.6 is 12.4 Å². The highest BCUT2D eigenvalue weighted by Gasteiger charge is 2.43. The van der Waals surface area contributed by atoms with Crippen molar-refractivity contribution in [3.8, 4) is 0 Å². The second-order valence-corrected chi connectivity index (χ2v) is 8.42. The first-order chi connectivity index (χ1) is 11.7. The van der Waals surface area contributed by atoms with Crippen LogP contribution in [0.2, 0.25) is 0 Å². The largest absolute Gasteiger partial charge is 0.341 e. The quantitative estimate of drug-likeness (QED) is 0.811. The minimum Gasteiger partial charge on any atom is -0.341 e. The van der Waals surface area contributed by atoms with Gasteiger partial charge in [0.15, 0.2) is 0 Å². The van der Waals surface area contributed by atoms with Crippen molar-refractivity contribution in [3.05, 3.63) is 0 Å². The third-order valence-electron chi connectivity index (χ3n) is 6.99. The lowest BCUT2D eigenvalue weighted by molar-refractivity contribution is -0.147. The minimum atomic E-state index is -0.172. The molecule has 0 aromatic rings. The molecule has 1 spiro atoms. The zero-order chi connectivity index (χ0) is 16.6. The molecule has 0 aromatic carbocycles. The normalized spacial score (nSPS) is 29.2. The van der Waals surface area contributed by atoms with Gasteiger partial charge in [-0.25, -0.2) is 0 Å². The molecule has 1 unspecified atom stereocenters. The maximum atomic E-state index is 13.0. The van der Waals surface area contributed by atoms with Crippen molar-refractivity contribution in [2.24, 2.45) is 11.3 Å². The summed E-state index contributed by atoms with van der Waals surface area (Å²) in [5.74, 6) is 0.670. The molecule has 2 amide bonds. The molecule has 1 atom stereocenters. The van der Waals surface area contributed by atoms with E-state index in [1.165, 1.54) is 19.3 Å². The Balaban J connectivity index is 0.00000182. The number of nitrogens with zero attached hydrogens (tertiary/aromatic N) is 2. The number of hydrogen-bond donors (Lipinski definition) is 1. The predicted molar refractivity (Wildman–Crippen MR) is 99.7 cm³/mol. The van der Waals surface area contributed by atoms with Crippen LogP contribution in [0.5, 0.6) is 0 Å². The molecule has 4 aliphatic rings. The fourth-order valence-electron chi connectivity index (χ4n) is 5.33. The topological polar surface area (TPSA) is 52.7 Å². The Hall–Kier alpha value is -0.810. The maximum Gasteiger partial charge on any atom is 0.245 e. The molecule has 5 nitrogen and oxygen atoms in total. The lowest BCUT2D eigenvalue weighted by Crippen LogP contribution is -2.52. The van der Waals surface area contributed by atoms with Crippen molar-refractivity contribution in [2.45, 2.75) is 63.8 Å². The Bertz CT molecular complexity index is 491. The monoisotopic (exact) mass is 369 g/mol. The van der Waals surface area contributed by atoms with Crippen LogP contribution in [-0.4, -0.2) is 60.4 Å². The first-order valence-electron chi connectivity index (χ1n) is 9.99. The van der Waals surface area contributed by atoms with E-state index in [1.54, 1.807) is 0 Å². The van der Waals surface area contributed by atoms with Crippen LogP contribution in [0.25, 0.3) is 0 Å². The van der Waals surface area contributed by atoms with Crippen LogP contribution in [0, 0.1) is 11.3 Å². The van der Waals surface area contributed by atoms with E-state index in [0.717, 1.165) is 71.2 Å². The number of carbonyl (C=O) groups is 2. The molecule has 0 bridgehead atoms. The van der Waals surface area contributed by atoms with Crippen LogP contribution in [0.3, 0.4) is 0 Å². The molecule has 0 radical (unpaired) electrons. The van der Waals surface area contributed by atoms with E-state index < -0.39 is 0 Å². The van der Waals surface area contributed by atoms with Crippen LogP contribution < -0.4 is 5.32 Å². The average Bonchev–Trinajstić information content (AvgIpc) is 3.36. The Morgan fingerprint density at radius 2 is 1.60 bits per heavy atom. The number of rotatable bonds is 2. The van der Waals surface area contributed by atoms with Gasteiger partial charge in [0.2, 0.25) is 11.8 Å². The van der Waals surface area contributed by atoms with Gasteiger partial charge in [-0.1, -0.05) is 12.8 Å². The summed E-state index contributed by atoms with van der Waals surface area (Å²) >= 11 is 0. The highest BCUT2D eigenvalue weighted by Crippen LogP contribution is 2.37. The van der Waals surface area contributed by atoms with Gasteiger partial charge in [-0.05, 0) is 56.9 Å². The smallest absolute Gasteiger partial charge is 0.245 e. The maximum absolute atomic E-state index is 13.0. The Kier molecular flexibility index (Phi) is 5.94. The number of nitrogens with one attached hydrogen (secondary N) is 1. The molecular formula is C19H32ClN3O2. The molecule has 4 rings (SSSR count). The van der Waals surface area contributed by atoms with Gasteiger partial charge in [0, 0.05) is 32.1 Å². The van der Waals surface area contributed by atoms with E-state index in [4.69, 9.17) is 0 Å². The standard InChI is InChI=1S/C19H31N3O2.ClH/c23-17(15-4-1-2-5-15)22-11-3-6-16(22)18(24)21-12-8-19(9-13-21)7-10-20-14-19;/h15-16,20H,1-14H2;1H. The first-order valence-corrected chi connectivity index (χ1v) is 9.99. The summed E-state index contributed by atoms with van der Waals surface area (Å²) in [6.45, 7) is 4.78. The van der Waals surface area contributed by atoms with Gasteiger partial charge in [-0.15, -0.1) is 12.4 Å². The van der Waals surface area contributed by atoms with Gasteiger partial charge in [-0.3, -0.25) is 9.59 Å². The van der Waals surface area contributed by atoms with E-state index in [2.05, 4.69) is 10.2 Å². The lowest BCUT2D eigenvalue weighted by Gasteiger charge is -2.40. The van der Waals surface area contributed by atoms with Crippen molar-refractivity contribution in [1.82, 2.24) is 15.1 Å². The number of halogens is 1. The molecular weight excluding hydrogens is 338 g/mol. The predicted octanol–water partition coefficient (Wildman–Crippen LogP) is 2.19. The van der Waals surface area contributed by atoms with Crippen LogP contribution in [0.1, 0.15) is 57.8 Å². The van der Waals surface area contributed by atoms with Gasteiger partial charge < -0.3 is 15.1 Å². The van der Waals surface area contributed by atoms with Crippen molar-refractivity contribution >= 4 is 24.2 Å². The van der Waals surface area contributed by atoms with Gasteiger partial charge >= 0.3 is 0 Å². The zero-order valence-electron chi connectivity index (χ0n) is 15.2. The molecule has 0 aromatic heterocycles. The van der Waals surface area contributed by atoms with E-state index in [0.29, 0.717) is 5.41 Å². The second-order valence-electron chi connectivity index (χ2n) is 8.42. The van der Waals surface area contributed by atoms with Crippen molar-refractivity contribution < 1.29 is 9.59 Å². The highest BCUT2D eigenvalue weighted by molar-refractivity contribution is 5.89. The van der Waals surface area contributed by atoms with Gasteiger partial charge in [0.25, 0.3) is 0 Å². The minimum absolute atomic E-state index is 0. The van der Waals surface area contributed by atoms with Gasteiger partial charge in [0.05, 0.1) is 0 Å². The third kappa shape index (κ3) is 3.68. The summed E-state index contributed by atoms with van der Waals surface area (Å²) in [6, 6.07) is -0.172. The molecule has 3 heterocycles. The number of amides is 2. The zero-order valence-corrected chi connectivity index (χ0v) is 16.0. The summed E-state index contributed by atoms with van der Waals surface area (Å²) in [7, 11) is 0. The lowest BCUT2D eigenvalue weighted by atomic mass is 9.77. The molecule has 1 N–H and O–H groups in total. The summed E-state index contributed by atoms with van der Waals surface area (Å²) in [4.78, 5) is 29.8. The number of likely N-dealkylation sites (tertiary alicyclic amines) is 2. The molecule has 1 saturated carbocycles. The molecule has 6 heteroatoms. The summed E-state index contributed by atoms with van der Waals surface area (Å²) in [5, 5.41) is 3.48.